The average molecular weight is 415 g/mol. The molecule has 0 saturated carbocycles. The molecule has 1 heterocycles. The number of rotatable bonds is 7. The van der Waals surface area contributed by atoms with E-state index in [2.05, 4.69) is 10.2 Å². The van der Waals surface area contributed by atoms with Crippen molar-refractivity contribution in [3.63, 3.8) is 0 Å². The lowest BCUT2D eigenvalue weighted by Crippen LogP contribution is -2.48. The van der Waals surface area contributed by atoms with E-state index < -0.39 is 11.6 Å². The van der Waals surface area contributed by atoms with Crippen LogP contribution in [0.1, 0.15) is 26.2 Å². The topological polar surface area (TPSA) is 52.7 Å². The summed E-state index contributed by atoms with van der Waals surface area (Å²) >= 11 is 0. The van der Waals surface area contributed by atoms with Crippen LogP contribution in [-0.2, 0) is 9.59 Å². The van der Waals surface area contributed by atoms with E-state index in [1.807, 2.05) is 4.90 Å². The number of anilines is 1. The maximum atomic E-state index is 13.9. The molecule has 0 spiro atoms. The first-order chi connectivity index (χ1) is 14.4. The number of benzene rings is 2. The fourth-order valence-corrected chi connectivity index (χ4v) is 3.59. The van der Waals surface area contributed by atoms with E-state index in [4.69, 9.17) is 0 Å². The number of piperazine rings is 1. The SMILES string of the molecule is CC(=O)N1CCN(CCCCC(=O)Nc2ccc(-c3cccc(F)c3F)cc2)CC1. The van der Waals surface area contributed by atoms with Crippen LogP contribution in [0, 0.1) is 11.6 Å². The summed E-state index contributed by atoms with van der Waals surface area (Å²) in [6.45, 7) is 5.82. The fraction of sp³-hybridized carbons (Fsp3) is 0.391. The van der Waals surface area contributed by atoms with Crippen LogP contribution >= 0.6 is 0 Å². The molecule has 1 aliphatic heterocycles. The van der Waals surface area contributed by atoms with Gasteiger partial charge in [-0.3, -0.25) is 14.5 Å². The predicted molar refractivity (Wildman–Crippen MR) is 113 cm³/mol. The number of halogens is 2. The Morgan fingerprint density at radius 3 is 2.33 bits per heavy atom. The van der Waals surface area contributed by atoms with Gasteiger partial charge in [0.15, 0.2) is 11.6 Å². The van der Waals surface area contributed by atoms with Gasteiger partial charge in [-0.05, 0) is 43.1 Å². The van der Waals surface area contributed by atoms with E-state index in [9.17, 15) is 18.4 Å². The van der Waals surface area contributed by atoms with Crippen molar-refractivity contribution in [1.82, 2.24) is 9.80 Å². The van der Waals surface area contributed by atoms with Crippen molar-refractivity contribution in [2.45, 2.75) is 26.2 Å². The van der Waals surface area contributed by atoms with Gasteiger partial charge >= 0.3 is 0 Å². The molecular formula is C23H27F2N3O2. The summed E-state index contributed by atoms with van der Waals surface area (Å²) in [7, 11) is 0. The normalized spacial score (nSPS) is 14.6. The molecule has 2 aromatic rings. The summed E-state index contributed by atoms with van der Waals surface area (Å²) < 4.78 is 27.3. The van der Waals surface area contributed by atoms with Crippen LogP contribution in [0.15, 0.2) is 42.5 Å². The highest BCUT2D eigenvalue weighted by molar-refractivity contribution is 5.91. The molecule has 1 saturated heterocycles. The monoisotopic (exact) mass is 415 g/mol. The van der Waals surface area contributed by atoms with Crippen LogP contribution < -0.4 is 5.32 Å². The third kappa shape index (κ3) is 5.86. The Morgan fingerprint density at radius 2 is 1.67 bits per heavy atom. The lowest BCUT2D eigenvalue weighted by atomic mass is 10.0. The van der Waals surface area contributed by atoms with Gasteiger partial charge in [0.1, 0.15) is 0 Å². The van der Waals surface area contributed by atoms with Crippen molar-refractivity contribution < 1.29 is 18.4 Å². The van der Waals surface area contributed by atoms with E-state index >= 15 is 0 Å². The minimum Gasteiger partial charge on any atom is -0.340 e. The number of nitrogens with zero attached hydrogens (tertiary/aromatic N) is 2. The first-order valence-electron chi connectivity index (χ1n) is 10.3. The van der Waals surface area contributed by atoms with E-state index in [1.54, 1.807) is 31.2 Å². The quantitative estimate of drug-likeness (QED) is 0.698. The molecule has 0 aliphatic carbocycles. The van der Waals surface area contributed by atoms with Gasteiger partial charge in [0.25, 0.3) is 0 Å². The average Bonchev–Trinajstić information content (AvgIpc) is 2.74. The first kappa shape index (κ1) is 21.9. The summed E-state index contributed by atoms with van der Waals surface area (Å²) in [6.07, 6.45) is 2.13. The van der Waals surface area contributed by atoms with Gasteiger partial charge in [0.05, 0.1) is 0 Å². The zero-order valence-corrected chi connectivity index (χ0v) is 17.2. The molecule has 1 N–H and O–H groups in total. The summed E-state index contributed by atoms with van der Waals surface area (Å²) in [6, 6.07) is 10.8. The van der Waals surface area contributed by atoms with Crippen LogP contribution in [0.3, 0.4) is 0 Å². The lowest BCUT2D eigenvalue weighted by molar-refractivity contribution is -0.130. The second-order valence-corrected chi connectivity index (χ2v) is 7.53. The molecular weight excluding hydrogens is 388 g/mol. The third-order valence-electron chi connectivity index (χ3n) is 5.38. The Balaban J connectivity index is 1.39. The van der Waals surface area contributed by atoms with Gasteiger partial charge in [-0.2, -0.15) is 0 Å². The minimum absolute atomic E-state index is 0.0684. The Morgan fingerprint density at radius 1 is 0.967 bits per heavy atom. The van der Waals surface area contributed by atoms with Gasteiger partial charge in [0.2, 0.25) is 11.8 Å². The van der Waals surface area contributed by atoms with Crippen LogP contribution in [0.4, 0.5) is 14.5 Å². The van der Waals surface area contributed by atoms with Crippen LogP contribution in [0.2, 0.25) is 0 Å². The van der Waals surface area contributed by atoms with Gasteiger partial charge in [-0.1, -0.05) is 24.3 Å². The summed E-state index contributed by atoms with van der Waals surface area (Å²) in [4.78, 5) is 27.7. The highest BCUT2D eigenvalue weighted by Crippen LogP contribution is 2.25. The molecule has 30 heavy (non-hydrogen) atoms. The standard InChI is InChI=1S/C23H27F2N3O2/c1-17(29)28-15-13-27(14-16-28)12-3-2-7-22(30)26-19-10-8-18(9-11-19)20-5-4-6-21(24)23(20)25/h4-6,8-11H,2-3,7,12-16H2,1H3,(H,26,30). The molecule has 0 unspecified atom stereocenters. The second-order valence-electron chi connectivity index (χ2n) is 7.53. The van der Waals surface area contributed by atoms with Crippen molar-refractivity contribution in [2.24, 2.45) is 0 Å². The van der Waals surface area contributed by atoms with Crippen molar-refractivity contribution in [3.8, 4) is 11.1 Å². The van der Waals surface area contributed by atoms with Crippen molar-refractivity contribution >= 4 is 17.5 Å². The molecule has 0 bridgehead atoms. The number of unbranched alkanes of at least 4 members (excludes halogenated alkanes) is 1. The van der Waals surface area contributed by atoms with Gasteiger partial charge < -0.3 is 10.2 Å². The Bertz CT molecular complexity index is 879. The Kier molecular flexibility index (Phi) is 7.52. The van der Waals surface area contributed by atoms with Crippen molar-refractivity contribution in [2.75, 3.05) is 38.0 Å². The smallest absolute Gasteiger partial charge is 0.224 e. The van der Waals surface area contributed by atoms with Gasteiger partial charge in [-0.25, -0.2) is 8.78 Å². The number of carbonyl (C=O) groups is 2. The molecule has 3 rings (SSSR count). The maximum Gasteiger partial charge on any atom is 0.224 e. The Labute approximate surface area is 175 Å². The van der Waals surface area contributed by atoms with E-state index in [0.717, 1.165) is 51.6 Å². The molecule has 5 nitrogen and oxygen atoms in total. The minimum atomic E-state index is -0.884. The zero-order chi connectivity index (χ0) is 21.5. The van der Waals surface area contributed by atoms with E-state index in [-0.39, 0.29) is 17.4 Å². The van der Waals surface area contributed by atoms with E-state index in [0.29, 0.717) is 17.7 Å². The number of nitrogens with one attached hydrogen (secondary N) is 1. The van der Waals surface area contributed by atoms with Crippen molar-refractivity contribution in [1.29, 1.82) is 0 Å². The lowest BCUT2D eigenvalue weighted by Gasteiger charge is -2.34. The Hall–Kier alpha value is -2.80. The van der Waals surface area contributed by atoms with Crippen LogP contribution in [0.25, 0.3) is 11.1 Å². The second kappa shape index (κ2) is 10.3. The molecule has 2 amide bonds. The fourth-order valence-electron chi connectivity index (χ4n) is 3.59. The number of carbonyl (C=O) groups excluding carboxylic acids is 2. The molecule has 160 valence electrons. The van der Waals surface area contributed by atoms with Gasteiger partial charge in [0, 0.05) is 50.8 Å². The largest absolute Gasteiger partial charge is 0.340 e. The molecule has 7 heteroatoms. The first-order valence-corrected chi connectivity index (χ1v) is 10.3. The maximum absolute atomic E-state index is 13.9. The van der Waals surface area contributed by atoms with E-state index in [1.165, 1.54) is 12.1 Å². The zero-order valence-electron chi connectivity index (χ0n) is 17.2. The molecule has 2 aromatic carbocycles. The molecule has 1 fully saturated rings. The molecule has 0 radical (unpaired) electrons. The molecule has 0 atom stereocenters. The van der Waals surface area contributed by atoms with Crippen LogP contribution in [-0.4, -0.2) is 54.3 Å². The van der Waals surface area contributed by atoms with Crippen molar-refractivity contribution in [3.05, 3.63) is 54.1 Å². The van der Waals surface area contributed by atoms with Gasteiger partial charge in [-0.15, -0.1) is 0 Å². The number of hydrogen-bond donors (Lipinski definition) is 1. The highest BCUT2D eigenvalue weighted by atomic mass is 19.2. The number of hydrogen-bond acceptors (Lipinski definition) is 3. The highest BCUT2D eigenvalue weighted by Gasteiger charge is 2.18. The molecule has 0 aromatic heterocycles. The summed E-state index contributed by atoms with van der Waals surface area (Å²) in [5.41, 5.74) is 1.37. The molecule has 1 aliphatic rings. The summed E-state index contributed by atoms with van der Waals surface area (Å²) in [5, 5.41) is 2.84. The predicted octanol–water partition coefficient (Wildman–Crippen LogP) is 3.90. The van der Waals surface area contributed by atoms with Crippen LogP contribution in [0.5, 0.6) is 0 Å². The third-order valence-corrected chi connectivity index (χ3v) is 5.38. The number of amides is 2. The summed E-state index contributed by atoms with van der Waals surface area (Å²) in [5.74, 6) is -1.70.